The van der Waals surface area contributed by atoms with Crippen LogP contribution in [0.25, 0.3) is 22.3 Å². The average molecular weight is 475 g/mol. The highest BCUT2D eigenvalue weighted by Crippen LogP contribution is 2.30. The largest absolute Gasteiger partial charge is 0.478 e. The number of carboxylic acid groups (broad SMARTS) is 1. The molecule has 0 aliphatic carbocycles. The van der Waals surface area contributed by atoms with Crippen LogP contribution >= 0.6 is 11.6 Å². The molecule has 0 radical (unpaired) electrons. The Kier molecular flexibility index (Phi) is 5.69. The van der Waals surface area contributed by atoms with E-state index in [0.717, 1.165) is 24.3 Å². The van der Waals surface area contributed by atoms with Crippen molar-refractivity contribution in [1.82, 2.24) is 9.97 Å². The summed E-state index contributed by atoms with van der Waals surface area (Å²) in [6.07, 6.45) is -2.95. The van der Waals surface area contributed by atoms with Gasteiger partial charge in [0.1, 0.15) is 5.65 Å². The predicted octanol–water partition coefficient (Wildman–Crippen LogP) is 6.24. The van der Waals surface area contributed by atoms with E-state index in [2.05, 4.69) is 20.6 Å². The van der Waals surface area contributed by atoms with Gasteiger partial charge in [0, 0.05) is 27.9 Å². The third-order valence-electron chi connectivity index (χ3n) is 4.70. The standard InChI is InChI=1S/C22H14ClF3N4O3/c23-14-8-11(7-12(9-14)20(31)32)17-6-5-16-18(10-27-19(16)29-17)30-21(33)28-15-3-1-13(2-4-15)22(24,25)26/h1-10H,(H,27,29)(H,31,32)(H2,28,30,33). The zero-order valence-corrected chi connectivity index (χ0v) is 17.3. The Balaban J connectivity index is 1.52. The van der Waals surface area contributed by atoms with Crippen molar-refractivity contribution in [1.29, 1.82) is 0 Å². The van der Waals surface area contributed by atoms with E-state index < -0.39 is 23.7 Å². The number of carboxylic acids is 1. The number of hydrogen-bond acceptors (Lipinski definition) is 3. The third-order valence-corrected chi connectivity index (χ3v) is 4.92. The molecule has 33 heavy (non-hydrogen) atoms. The number of pyridine rings is 1. The van der Waals surface area contributed by atoms with Crippen LogP contribution in [0.2, 0.25) is 5.02 Å². The van der Waals surface area contributed by atoms with Gasteiger partial charge in [-0.25, -0.2) is 14.6 Å². The Morgan fingerprint density at radius 3 is 2.39 bits per heavy atom. The molecule has 168 valence electrons. The summed E-state index contributed by atoms with van der Waals surface area (Å²) in [5.74, 6) is -1.12. The van der Waals surface area contributed by atoms with Crippen LogP contribution in [0.4, 0.5) is 29.3 Å². The fourth-order valence-corrected chi connectivity index (χ4v) is 3.39. The Morgan fingerprint density at radius 2 is 1.73 bits per heavy atom. The maximum atomic E-state index is 12.7. The normalized spacial score (nSPS) is 11.4. The lowest BCUT2D eigenvalue weighted by molar-refractivity contribution is -0.137. The number of halogens is 4. The van der Waals surface area contributed by atoms with Crippen molar-refractivity contribution in [3.8, 4) is 11.3 Å². The minimum absolute atomic E-state index is 0.0215. The van der Waals surface area contributed by atoms with Crippen molar-refractivity contribution in [2.24, 2.45) is 0 Å². The number of aromatic amines is 1. The zero-order valence-electron chi connectivity index (χ0n) is 16.5. The average Bonchev–Trinajstić information content (AvgIpc) is 3.14. The number of fused-ring (bicyclic) bond motifs is 1. The molecule has 11 heteroatoms. The molecular formula is C22H14ClF3N4O3. The van der Waals surface area contributed by atoms with Gasteiger partial charge in [0.15, 0.2) is 0 Å². The van der Waals surface area contributed by atoms with Crippen molar-refractivity contribution in [3.05, 3.63) is 76.9 Å². The van der Waals surface area contributed by atoms with Crippen molar-refractivity contribution < 1.29 is 27.9 Å². The highest BCUT2D eigenvalue weighted by Gasteiger charge is 2.30. The maximum Gasteiger partial charge on any atom is 0.416 e. The molecule has 4 aromatic rings. The van der Waals surface area contributed by atoms with Gasteiger partial charge in [-0.3, -0.25) is 0 Å². The summed E-state index contributed by atoms with van der Waals surface area (Å²) >= 11 is 6.01. The first-order valence-electron chi connectivity index (χ1n) is 9.38. The number of aromatic carboxylic acids is 1. The van der Waals surface area contributed by atoms with E-state index in [9.17, 15) is 27.9 Å². The van der Waals surface area contributed by atoms with Crippen molar-refractivity contribution >= 4 is 46.0 Å². The smallest absolute Gasteiger partial charge is 0.416 e. The van der Waals surface area contributed by atoms with Crippen LogP contribution in [0, 0.1) is 0 Å². The van der Waals surface area contributed by atoms with Gasteiger partial charge < -0.3 is 20.7 Å². The number of carbonyl (C=O) groups excluding carboxylic acids is 1. The molecule has 2 heterocycles. The molecule has 0 spiro atoms. The lowest BCUT2D eigenvalue weighted by Crippen LogP contribution is -2.19. The highest BCUT2D eigenvalue weighted by molar-refractivity contribution is 6.31. The van der Waals surface area contributed by atoms with Gasteiger partial charge in [-0.1, -0.05) is 11.6 Å². The number of nitrogens with one attached hydrogen (secondary N) is 3. The van der Waals surface area contributed by atoms with Crippen molar-refractivity contribution in [2.45, 2.75) is 6.18 Å². The molecule has 7 nitrogen and oxygen atoms in total. The Morgan fingerprint density at radius 1 is 1.00 bits per heavy atom. The maximum absolute atomic E-state index is 12.7. The number of amides is 2. The molecule has 0 aliphatic heterocycles. The van der Waals surface area contributed by atoms with E-state index in [1.165, 1.54) is 18.3 Å². The number of anilines is 2. The van der Waals surface area contributed by atoms with E-state index in [4.69, 9.17) is 11.6 Å². The van der Waals surface area contributed by atoms with Gasteiger partial charge >= 0.3 is 18.2 Å². The lowest BCUT2D eigenvalue weighted by atomic mass is 10.1. The number of aromatic nitrogens is 2. The highest BCUT2D eigenvalue weighted by atomic mass is 35.5. The van der Waals surface area contributed by atoms with Crippen LogP contribution in [-0.4, -0.2) is 27.1 Å². The second kappa shape index (κ2) is 8.47. The summed E-state index contributed by atoms with van der Waals surface area (Å²) in [4.78, 5) is 30.9. The number of urea groups is 1. The number of carbonyl (C=O) groups is 2. The lowest BCUT2D eigenvalue weighted by Gasteiger charge is -2.09. The topological polar surface area (TPSA) is 107 Å². The number of H-pyrrole nitrogens is 1. The Hall–Kier alpha value is -4.05. The quantitative estimate of drug-likeness (QED) is 0.280. The molecule has 2 aromatic carbocycles. The molecule has 0 atom stereocenters. The van der Waals surface area contributed by atoms with Crippen molar-refractivity contribution in [2.75, 3.05) is 10.6 Å². The molecule has 0 fully saturated rings. The first-order valence-corrected chi connectivity index (χ1v) is 9.75. The number of benzene rings is 2. The van der Waals surface area contributed by atoms with Crippen LogP contribution in [-0.2, 0) is 6.18 Å². The Labute approximate surface area is 189 Å². The number of nitrogens with zero attached hydrogens (tertiary/aromatic N) is 1. The van der Waals surface area contributed by atoms with Gasteiger partial charge in [0.05, 0.1) is 22.5 Å². The second-order valence-corrected chi connectivity index (χ2v) is 7.42. The first-order chi connectivity index (χ1) is 15.6. The second-order valence-electron chi connectivity index (χ2n) is 6.98. The van der Waals surface area contributed by atoms with Gasteiger partial charge in [0.2, 0.25) is 0 Å². The monoisotopic (exact) mass is 474 g/mol. The predicted molar refractivity (Wildman–Crippen MR) is 118 cm³/mol. The van der Waals surface area contributed by atoms with E-state index in [-0.39, 0.29) is 16.3 Å². The number of alkyl halides is 3. The van der Waals surface area contributed by atoms with Crippen LogP contribution in [0.3, 0.4) is 0 Å². The first kappa shape index (κ1) is 22.2. The fraction of sp³-hybridized carbons (Fsp3) is 0.0455. The summed E-state index contributed by atoms with van der Waals surface area (Å²) in [7, 11) is 0. The van der Waals surface area contributed by atoms with Gasteiger partial charge in [0.25, 0.3) is 0 Å². The summed E-state index contributed by atoms with van der Waals surface area (Å²) in [5, 5.41) is 15.1. The molecule has 0 saturated heterocycles. The molecule has 0 aliphatic rings. The SMILES string of the molecule is O=C(Nc1ccc(C(F)(F)F)cc1)Nc1c[nH]c2nc(-c3cc(Cl)cc(C(=O)O)c3)ccc12. The van der Waals surface area contributed by atoms with E-state index >= 15 is 0 Å². The third kappa shape index (κ3) is 4.90. The minimum atomic E-state index is -4.46. The van der Waals surface area contributed by atoms with Gasteiger partial charge in [-0.05, 0) is 54.6 Å². The van der Waals surface area contributed by atoms with Gasteiger partial charge in [-0.2, -0.15) is 13.2 Å². The van der Waals surface area contributed by atoms with Gasteiger partial charge in [-0.15, -0.1) is 0 Å². The van der Waals surface area contributed by atoms with E-state index in [0.29, 0.717) is 28.0 Å². The zero-order chi connectivity index (χ0) is 23.8. The summed E-state index contributed by atoms with van der Waals surface area (Å²) in [5.41, 5.74) is 1.19. The molecule has 4 rings (SSSR count). The van der Waals surface area contributed by atoms with Crippen LogP contribution < -0.4 is 10.6 Å². The van der Waals surface area contributed by atoms with E-state index in [1.807, 2.05) is 0 Å². The van der Waals surface area contributed by atoms with E-state index in [1.54, 1.807) is 18.2 Å². The van der Waals surface area contributed by atoms with Crippen LogP contribution in [0.15, 0.2) is 60.8 Å². The molecule has 0 saturated carbocycles. The summed E-state index contributed by atoms with van der Waals surface area (Å²) in [6.45, 7) is 0. The van der Waals surface area contributed by atoms with Crippen molar-refractivity contribution in [3.63, 3.8) is 0 Å². The molecule has 0 bridgehead atoms. The molecule has 4 N–H and O–H groups in total. The Bertz CT molecular complexity index is 1370. The molecule has 2 amide bonds. The van der Waals surface area contributed by atoms with Crippen LogP contribution in [0.5, 0.6) is 0 Å². The molecular weight excluding hydrogens is 461 g/mol. The number of rotatable bonds is 4. The van der Waals surface area contributed by atoms with Crippen LogP contribution in [0.1, 0.15) is 15.9 Å². The number of hydrogen-bond donors (Lipinski definition) is 4. The minimum Gasteiger partial charge on any atom is -0.478 e. The summed E-state index contributed by atoms with van der Waals surface area (Å²) in [6, 6.07) is 11.1. The molecule has 2 aromatic heterocycles. The summed E-state index contributed by atoms with van der Waals surface area (Å²) < 4.78 is 38.0. The molecule has 0 unspecified atom stereocenters. The fourth-order valence-electron chi connectivity index (χ4n) is 3.16.